The number of ether oxygens (including phenoxy) is 1. The molecule has 1 N–H and O–H groups in total. The average Bonchev–Trinajstić information content (AvgIpc) is 2.34. The van der Waals surface area contributed by atoms with Gasteiger partial charge >= 0.3 is 5.97 Å². The van der Waals surface area contributed by atoms with Crippen LogP contribution in [0, 0.1) is 5.41 Å². The van der Waals surface area contributed by atoms with E-state index in [2.05, 4.69) is 0 Å². The van der Waals surface area contributed by atoms with Gasteiger partial charge in [0.15, 0.2) is 0 Å². The average molecular weight is 250 g/mol. The molecule has 0 aliphatic rings. The van der Waals surface area contributed by atoms with Gasteiger partial charge in [-0.2, -0.15) is 0 Å². The molecule has 0 bridgehead atoms. The second-order valence-electron chi connectivity index (χ2n) is 5.45. The molecule has 0 aliphatic heterocycles. The fourth-order valence-electron chi connectivity index (χ4n) is 1.50. The van der Waals surface area contributed by atoms with E-state index in [1.165, 1.54) is 0 Å². The summed E-state index contributed by atoms with van der Waals surface area (Å²) in [5, 5.41) is 9.91. The minimum absolute atomic E-state index is 0.197. The van der Waals surface area contributed by atoms with Crippen LogP contribution in [0.3, 0.4) is 0 Å². The van der Waals surface area contributed by atoms with Crippen molar-refractivity contribution in [2.45, 2.75) is 39.7 Å². The molecule has 0 radical (unpaired) electrons. The zero-order valence-electron chi connectivity index (χ0n) is 11.3. The van der Waals surface area contributed by atoms with Gasteiger partial charge in [-0.25, -0.2) is 0 Å². The van der Waals surface area contributed by atoms with E-state index in [-0.39, 0.29) is 5.97 Å². The Morgan fingerprint density at radius 1 is 1.28 bits per heavy atom. The molecule has 3 heteroatoms. The fourth-order valence-corrected chi connectivity index (χ4v) is 1.50. The van der Waals surface area contributed by atoms with Gasteiger partial charge in [-0.15, -0.1) is 0 Å². The van der Waals surface area contributed by atoms with Crippen LogP contribution in [-0.4, -0.2) is 17.7 Å². The molecule has 1 aromatic carbocycles. The predicted molar refractivity (Wildman–Crippen MR) is 71.0 cm³/mol. The van der Waals surface area contributed by atoms with Crippen molar-refractivity contribution in [2.75, 3.05) is 6.61 Å². The first-order valence-corrected chi connectivity index (χ1v) is 6.31. The van der Waals surface area contributed by atoms with Gasteiger partial charge in [-0.1, -0.05) is 30.3 Å². The molecule has 100 valence electrons. The fraction of sp³-hybridized carbons (Fsp3) is 0.533. The standard InChI is InChI=1S/C15H22O3/c1-15(2,3)14(17)18-11-7-10-13(16)12-8-5-4-6-9-12/h4-6,8-9,13,16H,7,10-11H2,1-3H3/t13-/m0/s1. The van der Waals surface area contributed by atoms with Crippen LogP contribution in [0.2, 0.25) is 0 Å². The predicted octanol–water partition coefficient (Wildman–Crippen LogP) is 3.09. The van der Waals surface area contributed by atoms with E-state index in [4.69, 9.17) is 4.74 Å². The lowest BCUT2D eigenvalue weighted by molar-refractivity contribution is -0.153. The topological polar surface area (TPSA) is 46.5 Å². The zero-order valence-corrected chi connectivity index (χ0v) is 11.3. The molecule has 0 aromatic heterocycles. The van der Waals surface area contributed by atoms with Crippen LogP contribution < -0.4 is 0 Å². The van der Waals surface area contributed by atoms with E-state index in [1.807, 2.05) is 51.1 Å². The highest BCUT2D eigenvalue weighted by atomic mass is 16.5. The number of esters is 1. The number of aliphatic hydroxyl groups is 1. The van der Waals surface area contributed by atoms with Gasteiger partial charge in [-0.3, -0.25) is 4.79 Å². The van der Waals surface area contributed by atoms with Crippen LogP contribution >= 0.6 is 0 Å². The van der Waals surface area contributed by atoms with Crippen molar-refractivity contribution in [3.63, 3.8) is 0 Å². The largest absolute Gasteiger partial charge is 0.465 e. The van der Waals surface area contributed by atoms with Crippen LogP contribution in [-0.2, 0) is 9.53 Å². The number of aliphatic hydroxyl groups excluding tert-OH is 1. The molecule has 0 amide bonds. The molecule has 0 fully saturated rings. The Balaban J connectivity index is 2.25. The lowest BCUT2D eigenvalue weighted by Crippen LogP contribution is -2.23. The molecule has 1 aromatic rings. The molecule has 0 saturated carbocycles. The third-order valence-corrected chi connectivity index (χ3v) is 2.65. The summed E-state index contributed by atoms with van der Waals surface area (Å²) in [6.07, 6.45) is 0.777. The number of hydrogen-bond acceptors (Lipinski definition) is 3. The molecule has 1 atom stereocenters. The van der Waals surface area contributed by atoms with Crippen molar-refractivity contribution >= 4 is 5.97 Å². The monoisotopic (exact) mass is 250 g/mol. The van der Waals surface area contributed by atoms with Crippen molar-refractivity contribution in [3.05, 3.63) is 35.9 Å². The molecule has 3 nitrogen and oxygen atoms in total. The first kappa shape index (κ1) is 14.7. The lowest BCUT2D eigenvalue weighted by atomic mass is 9.97. The third-order valence-electron chi connectivity index (χ3n) is 2.65. The van der Waals surface area contributed by atoms with E-state index in [0.717, 1.165) is 5.56 Å². The van der Waals surface area contributed by atoms with Gasteiger partial charge in [0.1, 0.15) is 0 Å². The maximum atomic E-state index is 11.5. The Morgan fingerprint density at radius 3 is 2.44 bits per heavy atom. The van der Waals surface area contributed by atoms with Gasteiger partial charge < -0.3 is 9.84 Å². The van der Waals surface area contributed by atoms with Crippen molar-refractivity contribution in [1.29, 1.82) is 0 Å². The first-order chi connectivity index (χ1) is 8.41. The zero-order chi connectivity index (χ0) is 13.6. The summed E-state index contributed by atoms with van der Waals surface area (Å²) in [7, 11) is 0. The van der Waals surface area contributed by atoms with Crippen molar-refractivity contribution < 1.29 is 14.6 Å². The third kappa shape index (κ3) is 4.88. The second-order valence-corrected chi connectivity index (χ2v) is 5.45. The second kappa shape index (κ2) is 6.55. The molecule has 1 rings (SSSR count). The summed E-state index contributed by atoms with van der Waals surface area (Å²) >= 11 is 0. The summed E-state index contributed by atoms with van der Waals surface area (Å²) in [5.74, 6) is -0.197. The Kier molecular flexibility index (Phi) is 5.35. The van der Waals surface area contributed by atoms with Crippen molar-refractivity contribution in [3.8, 4) is 0 Å². The Morgan fingerprint density at radius 2 is 1.89 bits per heavy atom. The quantitative estimate of drug-likeness (QED) is 0.645. The highest BCUT2D eigenvalue weighted by molar-refractivity contribution is 5.75. The van der Waals surface area contributed by atoms with E-state index in [9.17, 15) is 9.90 Å². The van der Waals surface area contributed by atoms with Crippen LogP contribution in [0.4, 0.5) is 0 Å². The minimum atomic E-state index is -0.487. The SMILES string of the molecule is CC(C)(C)C(=O)OCCC[C@H](O)c1ccccc1. The van der Waals surface area contributed by atoms with Crippen LogP contribution in [0.15, 0.2) is 30.3 Å². The Hall–Kier alpha value is -1.35. The van der Waals surface area contributed by atoms with Crippen LogP contribution in [0.25, 0.3) is 0 Å². The maximum Gasteiger partial charge on any atom is 0.311 e. The first-order valence-electron chi connectivity index (χ1n) is 6.31. The van der Waals surface area contributed by atoms with Gasteiger partial charge in [0, 0.05) is 0 Å². The molecule has 0 heterocycles. The van der Waals surface area contributed by atoms with E-state index >= 15 is 0 Å². The van der Waals surface area contributed by atoms with Gasteiger partial charge in [0.2, 0.25) is 0 Å². The highest BCUT2D eigenvalue weighted by Gasteiger charge is 2.22. The molecule has 18 heavy (non-hydrogen) atoms. The lowest BCUT2D eigenvalue weighted by Gasteiger charge is -2.17. The maximum absolute atomic E-state index is 11.5. The van der Waals surface area contributed by atoms with Gasteiger partial charge in [-0.05, 0) is 39.2 Å². The van der Waals surface area contributed by atoms with Gasteiger partial charge in [0.05, 0.1) is 18.1 Å². The van der Waals surface area contributed by atoms with Crippen molar-refractivity contribution in [1.82, 2.24) is 0 Å². The molecule has 0 spiro atoms. The molecular weight excluding hydrogens is 228 g/mol. The molecular formula is C15H22O3. The van der Waals surface area contributed by atoms with E-state index in [1.54, 1.807) is 0 Å². The normalized spacial score (nSPS) is 13.1. The minimum Gasteiger partial charge on any atom is -0.465 e. The van der Waals surface area contributed by atoms with Crippen LogP contribution in [0.1, 0.15) is 45.3 Å². The van der Waals surface area contributed by atoms with Crippen LogP contribution in [0.5, 0.6) is 0 Å². The highest BCUT2D eigenvalue weighted by Crippen LogP contribution is 2.19. The van der Waals surface area contributed by atoms with E-state index in [0.29, 0.717) is 19.4 Å². The number of carbonyl (C=O) groups is 1. The number of hydrogen-bond donors (Lipinski definition) is 1. The van der Waals surface area contributed by atoms with Gasteiger partial charge in [0.25, 0.3) is 0 Å². The summed E-state index contributed by atoms with van der Waals surface area (Å²) < 4.78 is 5.14. The molecule has 0 saturated heterocycles. The molecule has 0 aliphatic carbocycles. The molecule has 0 unspecified atom stereocenters. The summed E-state index contributed by atoms with van der Waals surface area (Å²) in [4.78, 5) is 11.5. The Bertz CT molecular complexity index is 365. The Labute approximate surface area is 109 Å². The number of rotatable bonds is 5. The van der Waals surface area contributed by atoms with Crippen molar-refractivity contribution in [2.24, 2.45) is 5.41 Å². The summed E-state index contributed by atoms with van der Waals surface area (Å²) in [6.45, 7) is 5.84. The number of carbonyl (C=O) groups excluding carboxylic acids is 1. The van der Waals surface area contributed by atoms with E-state index < -0.39 is 11.5 Å². The summed E-state index contributed by atoms with van der Waals surface area (Å²) in [6, 6.07) is 9.51. The summed E-state index contributed by atoms with van der Waals surface area (Å²) in [5.41, 5.74) is 0.442. The number of benzene rings is 1. The smallest absolute Gasteiger partial charge is 0.311 e.